The third-order valence-corrected chi connectivity index (χ3v) is 9.06. The molecular weight excluding hydrogens is 452 g/mol. The molecule has 0 radical (unpaired) electrons. The Bertz CT molecular complexity index is 1280. The number of aromatic hydroxyl groups is 1. The third-order valence-electron chi connectivity index (χ3n) is 9.06. The second-order valence-corrected chi connectivity index (χ2v) is 11.2. The molecule has 0 amide bonds. The number of phenolic OH excluding ortho intramolecular Hbond substituents is 1. The van der Waals surface area contributed by atoms with E-state index in [0.717, 1.165) is 54.9 Å². The van der Waals surface area contributed by atoms with Gasteiger partial charge in [-0.3, -0.25) is 4.79 Å². The van der Waals surface area contributed by atoms with Crippen molar-refractivity contribution in [3.8, 4) is 11.5 Å². The number of ether oxygens (including phenoxy) is 1. The summed E-state index contributed by atoms with van der Waals surface area (Å²) >= 11 is 0. The molecule has 4 bridgehead atoms. The minimum atomic E-state index is -0.755. The fourth-order valence-electron chi connectivity index (χ4n) is 7.56. The quantitative estimate of drug-likeness (QED) is 0.314. The van der Waals surface area contributed by atoms with Crippen LogP contribution in [-0.2, 0) is 6.42 Å². The Morgan fingerprint density at radius 2 is 1.94 bits per heavy atom. The first-order valence-electron chi connectivity index (χ1n) is 13.5. The van der Waals surface area contributed by atoms with Gasteiger partial charge in [0.05, 0.1) is 18.2 Å². The van der Waals surface area contributed by atoms with Crippen LogP contribution in [0.2, 0.25) is 0 Å². The van der Waals surface area contributed by atoms with Gasteiger partial charge in [-0.25, -0.2) is 0 Å². The Morgan fingerprint density at radius 3 is 2.83 bits per heavy atom. The van der Waals surface area contributed by atoms with Gasteiger partial charge in [-0.05, 0) is 110 Å². The molecule has 0 aliphatic heterocycles. The highest BCUT2D eigenvalue weighted by molar-refractivity contribution is 5.87. The average molecular weight is 489 g/mol. The first-order chi connectivity index (χ1) is 17.5. The van der Waals surface area contributed by atoms with E-state index in [1.54, 1.807) is 12.1 Å². The molecule has 5 unspecified atom stereocenters. The number of rotatable bonds is 10. The van der Waals surface area contributed by atoms with Crippen LogP contribution in [0, 0.1) is 29.6 Å². The van der Waals surface area contributed by atoms with Gasteiger partial charge in [0.15, 0.2) is 0 Å². The molecule has 3 aromatic rings. The van der Waals surface area contributed by atoms with Gasteiger partial charge in [0.25, 0.3) is 0 Å². The van der Waals surface area contributed by atoms with E-state index in [1.165, 1.54) is 49.8 Å². The molecule has 4 saturated carbocycles. The van der Waals surface area contributed by atoms with E-state index >= 15 is 0 Å². The number of pyridine rings is 1. The average Bonchev–Trinajstić information content (AvgIpc) is 3.29. The van der Waals surface area contributed by atoms with Gasteiger partial charge in [-0.15, -0.1) is 0 Å². The van der Waals surface area contributed by atoms with Gasteiger partial charge in [-0.1, -0.05) is 18.2 Å². The van der Waals surface area contributed by atoms with Crippen LogP contribution in [0.15, 0.2) is 53.3 Å². The number of aliphatic hydroxyl groups excluding tert-OH is 1. The maximum absolute atomic E-state index is 11.6. The van der Waals surface area contributed by atoms with Gasteiger partial charge in [0.2, 0.25) is 5.56 Å². The lowest BCUT2D eigenvalue weighted by atomic mass is 9.74. The number of fused-ring (bicyclic) bond motifs is 1. The molecule has 4 aliphatic carbocycles. The van der Waals surface area contributed by atoms with Gasteiger partial charge >= 0.3 is 0 Å². The Kier molecular flexibility index (Phi) is 6.48. The Balaban J connectivity index is 0.975. The highest BCUT2D eigenvalue weighted by Gasteiger charge is 2.53. The van der Waals surface area contributed by atoms with E-state index < -0.39 is 6.10 Å². The molecule has 4 N–H and O–H groups in total. The fraction of sp³-hybridized carbons (Fsp3) is 0.500. The Labute approximate surface area is 211 Å². The summed E-state index contributed by atoms with van der Waals surface area (Å²) in [4.78, 5) is 14.3. The molecule has 2 aromatic carbocycles. The lowest BCUT2D eigenvalue weighted by Gasteiger charge is -2.32. The summed E-state index contributed by atoms with van der Waals surface area (Å²) in [6, 6.07) is 14.6. The van der Waals surface area contributed by atoms with E-state index in [2.05, 4.69) is 28.5 Å². The lowest BCUT2D eigenvalue weighted by Crippen LogP contribution is -2.24. The molecule has 6 heteroatoms. The van der Waals surface area contributed by atoms with Crippen molar-refractivity contribution in [3.63, 3.8) is 0 Å². The molecular formula is C30H36N2O4. The predicted molar refractivity (Wildman–Crippen MR) is 140 cm³/mol. The molecule has 7 rings (SSSR count). The summed E-state index contributed by atoms with van der Waals surface area (Å²) in [6.45, 7) is 1.91. The summed E-state index contributed by atoms with van der Waals surface area (Å²) in [5, 5.41) is 24.7. The van der Waals surface area contributed by atoms with Crippen molar-refractivity contribution in [3.05, 3.63) is 70.0 Å². The van der Waals surface area contributed by atoms with Crippen molar-refractivity contribution in [2.24, 2.45) is 29.6 Å². The lowest BCUT2D eigenvalue weighted by molar-refractivity contribution is 0.160. The van der Waals surface area contributed by atoms with Crippen LogP contribution in [0.3, 0.4) is 0 Å². The Morgan fingerprint density at radius 1 is 1.06 bits per heavy atom. The molecule has 4 aliphatic rings. The smallest absolute Gasteiger partial charge is 0.248 e. The summed E-state index contributed by atoms with van der Waals surface area (Å²) in [5.74, 6) is 5.83. The minimum Gasteiger partial charge on any atom is -0.506 e. The minimum absolute atomic E-state index is 0.00337. The first kappa shape index (κ1) is 23.6. The highest BCUT2D eigenvalue weighted by Crippen LogP contribution is 2.61. The summed E-state index contributed by atoms with van der Waals surface area (Å²) in [6.07, 6.45) is 7.20. The van der Waals surface area contributed by atoms with Gasteiger partial charge in [0.1, 0.15) is 11.5 Å². The molecule has 190 valence electrons. The molecule has 1 aromatic heterocycles. The van der Waals surface area contributed by atoms with E-state index in [4.69, 9.17) is 4.74 Å². The molecule has 4 fully saturated rings. The van der Waals surface area contributed by atoms with Gasteiger partial charge in [-0.2, -0.15) is 0 Å². The zero-order valence-electron chi connectivity index (χ0n) is 20.7. The second-order valence-electron chi connectivity index (χ2n) is 11.2. The highest BCUT2D eigenvalue weighted by atomic mass is 16.5. The van der Waals surface area contributed by atoms with Gasteiger partial charge < -0.3 is 25.3 Å². The van der Waals surface area contributed by atoms with Gasteiger partial charge in [0, 0.05) is 18.0 Å². The number of nitrogens with one attached hydrogen (secondary N) is 2. The van der Waals surface area contributed by atoms with Crippen molar-refractivity contribution in [1.29, 1.82) is 0 Å². The SMILES string of the molecule is O=c1ccc2c([C@@H](O)CNCCc3cccc(OCCC4C5CC6CC(C5)C4C6)c3)ccc(O)c2[nH]1. The second kappa shape index (κ2) is 9.91. The third kappa shape index (κ3) is 4.64. The largest absolute Gasteiger partial charge is 0.506 e. The van der Waals surface area contributed by atoms with Crippen LogP contribution in [0.5, 0.6) is 11.5 Å². The zero-order valence-corrected chi connectivity index (χ0v) is 20.7. The van der Waals surface area contributed by atoms with Crippen LogP contribution in [0.4, 0.5) is 0 Å². The number of aliphatic hydroxyl groups is 1. The van der Waals surface area contributed by atoms with Crippen LogP contribution >= 0.6 is 0 Å². The van der Waals surface area contributed by atoms with Crippen LogP contribution in [-0.4, -0.2) is 34.9 Å². The molecule has 0 spiro atoms. The zero-order chi connectivity index (χ0) is 24.6. The standard InChI is InChI=1S/C30H36N2O4/c33-27-6-4-24(25-5-7-29(35)32-30(25)27)28(34)17-31-10-8-18-2-1-3-22(14-18)36-11-9-23-20-12-19-13-21(16-20)26(23)15-19/h1-7,14,19-21,23,26,28,31,33-34H,8-13,15-17H2,(H,32,35)/t19?,20?,21?,23?,26?,28-/m0/s1. The maximum Gasteiger partial charge on any atom is 0.248 e. The summed E-state index contributed by atoms with van der Waals surface area (Å²) in [5.41, 5.74) is 1.95. The van der Waals surface area contributed by atoms with Crippen LogP contribution in [0.25, 0.3) is 10.9 Å². The molecule has 6 nitrogen and oxygen atoms in total. The number of hydrogen-bond donors (Lipinski definition) is 4. The van der Waals surface area contributed by atoms with Crippen molar-refractivity contribution in [2.75, 3.05) is 19.7 Å². The number of aromatic amines is 1. The molecule has 0 saturated heterocycles. The first-order valence-corrected chi connectivity index (χ1v) is 13.5. The normalized spacial score (nSPS) is 27.1. The van der Waals surface area contributed by atoms with Crippen molar-refractivity contribution in [2.45, 2.75) is 44.6 Å². The van der Waals surface area contributed by atoms with Crippen LogP contribution in [0.1, 0.15) is 49.3 Å². The summed E-state index contributed by atoms with van der Waals surface area (Å²) in [7, 11) is 0. The van der Waals surface area contributed by atoms with E-state index in [1.807, 2.05) is 6.07 Å². The number of benzene rings is 2. The number of aromatic nitrogens is 1. The maximum atomic E-state index is 11.6. The van der Waals surface area contributed by atoms with Crippen molar-refractivity contribution >= 4 is 10.9 Å². The number of H-pyrrole nitrogens is 1. The van der Waals surface area contributed by atoms with Crippen molar-refractivity contribution in [1.82, 2.24) is 10.3 Å². The van der Waals surface area contributed by atoms with Crippen molar-refractivity contribution < 1.29 is 14.9 Å². The van der Waals surface area contributed by atoms with E-state index in [-0.39, 0.29) is 11.3 Å². The fourth-order valence-corrected chi connectivity index (χ4v) is 7.56. The summed E-state index contributed by atoms with van der Waals surface area (Å²) < 4.78 is 6.18. The topological polar surface area (TPSA) is 94.6 Å². The van der Waals surface area contributed by atoms with Crippen LogP contribution < -0.4 is 15.6 Å². The monoisotopic (exact) mass is 488 g/mol. The predicted octanol–water partition coefficient (Wildman–Crippen LogP) is 4.55. The molecule has 6 atom stereocenters. The van der Waals surface area contributed by atoms with E-state index in [0.29, 0.717) is 23.0 Å². The molecule has 36 heavy (non-hydrogen) atoms. The molecule has 1 heterocycles. The Hall–Kier alpha value is -2.83. The number of phenols is 1. The van der Waals surface area contributed by atoms with E-state index in [9.17, 15) is 15.0 Å². The number of hydrogen-bond acceptors (Lipinski definition) is 5.